The summed E-state index contributed by atoms with van der Waals surface area (Å²) in [7, 11) is 5.64. The predicted molar refractivity (Wildman–Crippen MR) is 259 cm³/mol. The van der Waals surface area contributed by atoms with Crippen LogP contribution in [-0.4, -0.2) is 84.0 Å². The molecule has 2 aliphatic heterocycles. The fourth-order valence-corrected chi connectivity index (χ4v) is 9.39. The van der Waals surface area contributed by atoms with E-state index in [0.29, 0.717) is 28.2 Å². The molecule has 3 aliphatic rings. The number of halogens is 1. The summed E-state index contributed by atoms with van der Waals surface area (Å²) in [5.41, 5.74) is 14.8. The molecule has 6 heterocycles. The first kappa shape index (κ1) is 48.1. The van der Waals surface area contributed by atoms with Gasteiger partial charge in [-0.3, -0.25) is 28.5 Å². The van der Waals surface area contributed by atoms with Crippen molar-refractivity contribution < 1.29 is 24.6 Å². The zero-order chi connectivity index (χ0) is 45.5. The van der Waals surface area contributed by atoms with Crippen molar-refractivity contribution in [3.8, 4) is 28.5 Å². The fraction of sp³-hybridized carbons (Fsp3) is 0.353. The maximum absolute atomic E-state index is 13.2. The monoisotopic (exact) mass is 1080 g/mol. The molecule has 1 radical (unpaired) electrons. The average molecular weight is 1080 g/mol. The zero-order valence-corrected chi connectivity index (χ0v) is 41.0. The summed E-state index contributed by atoms with van der Waals surface area (Å²) in [6, 6.07) is 26.6. The molecule has 341 valence electrons. The Bertz CT molecular complexity index is 2920. The Kier molecular flexibility index (Phi) is 16.1. The second-order valence-corrected chi connectivity index (χ2v) is 17.7. The fourth-order valence-electron chi connectivity index (χ4n) is 9.22. The maximum Gasteiger partial charge on any atom is 1.00 e. The van der Waals surface area contributed by atoms with Gasteiger partial charge in [0.2, 0.25) is 0 Å². The predicted octanol–water partition coefficient (Wildman–Crippen LogP) is 8.39. The Morgan fingerprint density at radius 1 is 0.924 bits per heavy atom. The van der Waals surface area contributed by atoms with E-state index >= 15 is 0 Å². The van der Waals surface area contributed by atoms with Gasteiger partial charge in [0.25, 0.3) is 0 Å². The van der Waals surface area contributed by atoms with Crippen LogP contribution < -0.4 is 16.3 Å². The number of anilines is 1. The van der Waals surface area contributed by atoms with E-state index in [4.69, 9.17) is 27.6 Å². The van der Waals surface area contributed by atoms with Crippen LogP contribution in [0.15, 0.2) is 96.2 Å². The van der Waals surface area contributed by atoms with Crippen LogP contribution in [0, 0.1) is 23.3 Å². The first-order valence-electron chi connectivity index (χ1n) is 22.4. The number of nitriles is 1. The number of pyridine rings is 1. The van der Waals surface area contributed by atoms with Crippen molar-refractivity contribution in [2.24, 2.45) is 32.8 Å². The summed E-state index contributed by atoms with van der Waals surface area (Å²) in [6.07, 6.45) is 18.6. The van der Waals surface area contributed by atoms with Crippen molar-refractivity contribution in [3.05, 3.63) is 130 Å². The Hall–Kier alpha value is -5.82. The Morgan fingerprint density at radius 3 is 2.35 bits per heavy atom. The molecule has 1 saturated heterocycles. The van der Waals surface area contributed by atoms with Crippen LogP contribution in [0.25, 0.3) is 49.8 Å². The third-order valence-corrected chi connectivity index (χ3v) is 13.2. The second kappa shape index (κ2) is 22.1. The van der Waals surface area contributed by atoms with E-state index in [1.807, 2.05) is 51.9 Å². The molecule has 7 aromatic rings. The smallest absolute Gasteiger partial charge is 0.355 e. The van der Waals surface area contributed by atoms with Crippen molar-refractivity contribution in [3.63, 3.8) is 0 Å². The maximum atomic E-state index is 13.2. The van der Waals surface area contributed by atoms with Gasteiger partial charge in [-0.2, -0.15) is 46.2 Å². The van der Waals surface area contributed by atoms with Crippen LogP contribution in [0.2, 0.25) is 5.02 Å². The largest absolute Gasteiger partial charge is 1.00 e. The molecule has 3 aromatic carbocycles. The average Bonchev–Trinajstić information content (AvgIpc) is 3.88. The molecule has 0 amide bonds. The van der Waals surface area contributed by atoms with Gasteiger partial charge >= 0.3 is 25.5 Å². The van der Waals surface area contributed by atoms with Gasteiger partial charge in [0.05, 0.1) is 29.0 Å². The number of imidazole rings is 1. The molecular weight excluding hydrogens is 1020 g/mol. The van der Waals surface area contributed by atoms with Crippen molar-refractivity contribution in [2.45, 2.75) is 57.4 Å². The van der Waals surface area contributed by atoms with Crippen molar-refractivity contribution in [1.29, 1.82) is 5.26 Å². The Balaban J connectivity index is 0.000000321. The number of aryl methyl sites for hydroxylation is 3. The number of nitrogens with two attached hydrogens (primary N) is 1. The molecule has 0 bridgehead atoms. The molecule has 13 nitrogen and oxygen atoms in total. The molecular formula is C51H55ClN11O2Os. The summed E-state index contributed by atoms with van der Waals surface area (Å²) in [4.78, 5) is 33.8. The number of hydrogen-bond donors (Lipinski definition) is 1. The second-order valence-electron chi connectivity index (χ2n) is 17.3. The molecule has 0 unspecified atom stereocenters. The number of nitrogens with zero attached hydrogens (tertiary/aromatic N) is 10. The third kappa shape index (κ3) is 11.1. The molecule has 0 atom stereocenters. The summed E-state index contributed by atoms with van der Waals surface area (Å²) in [5, 5.41) is 23.6. The van der Waals surface area contributed by atoms with Gasteiger partial charge in [0.1, 0.15) is 5.69 Å². The molecule has 15 heteroatoms. The molecule has 4 aromatic heterocycles. The number of piperidine rings is 1. The van der Waals surface area contributed by atoms with Crippen molar-refractivity contribution >= 4 is 51.1 Å². The number of rotatable bonds is 7. The molecule has 1 aliphatic carbocycles. The first-order valence-corrected chi connectivity index (χ1v) is 22.8. The topological polar surface area (TPSA) is 157 Å². The van der Waals surface area contributed by atoms with E-state index in [0.717, 1.165) is 114 Å². The summed E-state index contributed by atoms with van der Waals surface area (Å²) in [5.74, 6) is 1.46. The molecule has 2 fully saturated rings. The Labute approximate surface area is 403 Å². The van der Waals surface area contributed by atoms with E-state index in [9.17, 15) is 9.59 Å². The minimum Gasteiger partial charge on any atom is -0.355 e. The van der Waals surface area contributed by atoms with E-state index in [-0.39, 0.29) is 25.5 Å². The minimum absolute atomic E-state index is 0. The van der Waals surface area contributed by atoms with Gasteiger partial charge < -0.3 is 10.6 Å². The van der Waals surface area contributed by atoms with E-state index < -0.39 is 0 Å². The number of carbonyl (C=O) groups is 1. The summed E-state index contributed by atoms with van der Waals surface area (Å²) >= 11 is 5.57. The van der Waals surface area contributed by atoms with Crippen molar-refractivity contribution in [1.82, 2.24) is 39.0 Å². The number of aldehydes is 1. The minimum atomic E-state index is -0.0239. The molecule has 0 spiro atoms. The van der Waals surface area contributed by atoms with E-state index in [2.05, 4.69) is 73.6 Å². The zero-order valence-electron chi connectivity index (χ0n) is 37.7. The quantitative estimate of drug-likeness (QED) is 0.122. The molecule has 10 rings (SSSR count). The Morgan fingerprint density at radius 2 is 1.73 bits per heavy atom. The van der Waals surface area contributed by atoms with Crippen LogP contribution in [0.3, 0.4) is 0 Å². The van der Waals surface area contributed by atoms with E-state index in [1.165, 1.54) is 37.7 Å². The molecule has 2 N–H and O–H groups in total. The number of fused-ring (bicyclic) bond motifs is 2. The molecule has 66 heavy (non-hydrogen) atoms. The number of hydrogen-bond acceptors (Lipinski definition) is 10. The van der Waals surface area contributed by atoms with Crippen LogP contribution >= 0.6 is 11.6 Å². The van der Waals surface area contributed by atoms with Gasteiger partial charge in [0, 0.05) is 88.8 Å². The van der Waals surface area contributed by atoms with Crippen LogP contribution in [0.5, 0.6) is 0 Å². The summed E-state index contributed by atoms with van der Waals surface area (Å²) in [6.45, 7) is 4.81. The normalized spacial score (nSPS) is 15.8. The van der Waals surface area contributed by atoms with Gasteiger partial charge in [-0.15, -0.1) is 10.2 Å². The van der Waals surface area contributed by atoms with Crippen molar-refractivity contribution in [2.75, 3.05) is 37.6 Å². The van der Waals surface area contributed by atoms with Crippen LogP contribution in [0.4, 0.5) is 5.82 Å². The van der Waals surface area contributed by atoms with Gasteiger partial charge in [-0.05, 0) is 96.0 Å². The third-order valence-electron chi connectivity index (χ3n) is 12.9. The van der Waals surface area contributed by atoms with Gasteiger partial charge in [0.15, 0.2) is 12.1 Å². The molecule has 1 saturated carbocycles. The SMILES string of the molecule is Cn1cc(-c2cc3cccc(-c4cc(C5=CCN(CC6CCN(c7ccc(C=O)nn7)CC6)CC5)c5c(c4)n(C)c(=O)n5C)c3cn2)cn1.N#Cc1cc[c-]cc1Cl.NC1CCCCC1.[Os+]. The summed E-state index contributed by atoms with van der Waals surface area (Å²) < 4.78 is 5.34. The van der Waals surface area contributed by atoms with Gasteiger partial charge in [-0.25, -0.2) is 4.79 Å². The standard InChI is InChI=1S/C38H39N9O2.C7H3ClN.C6H13N.Os/c1-43-23-29(20-40-43)34-18-27-5-4-6-31(33(27)21-39-34)28-17-32(37-35(19-28)44(2)38(49)45(37)3)26-11-13-46(14-12-26)22-25-9-15-47(16-10-25)36-8-7-30(24-48)41-42-36;8-7-4-2-1-3-6(7)5-9;7-6-4-2-1-3-5-6;/h4-8,11,17-21,23-25H,9-10,12-16,22H2,1-3H3;1,3-4H;6H,1-5,7H2;/q;-1;;+1. The first-order chi connectivity index (χ1) is 31.6. The van der Waals surface area contributed by atoms with Crippen LogP contribution in [-0.2, 0) is 40.9 Å². The number of aromatic nitrogens is 7. The number of benzene rings is 3. The van der Waals surface area contributed by atoms with Crippen LogP contribution in [0.1, 0.15) is 73.0 Å². The number of carbonyl (C=O) groups excluding carboxylic acids is 1. The van der Waals surface area contributed by atoms with Gasteiger partial charge in [-0.1, -0.05) is 48.6 Å². The van der Waals surface area contributed by atoms with E-state index in [1.54, 1.807) is 38.1 Å².